The Bertz CT molecular complexity index is 513. The molecule has 5 heteroatoms. The van der Waals surface area contributed by atoms with Crippen LogP contribution in [0.1, 0.15) is 36.5 Å². The van der Waals surface area contributed by atoms with Crippen molar-refractivity contribution in [3.8, 4) is 0 Å². The maximum atomic E-state index is 5.55. The fourth-order valence-electron chi connectivity index (χ4n) is 1.81. The molecule has 0 radical (unpaired) electrons. The highest BCUT2D eigenvalue weighted by Gasteiger charge is 2.10. The minimum atomic E-state index is 0.310. The lowest BCUT2D eigenvalue weighted by atomic mass is 10.1. The molecule has 2 rings (SSSR count). The summed E-state index contributed by atoms with van der Waals surface area (Å²) in [5.74, 6) is 0.869. The molecule has 0 aromatic carbocycles. The van der Waals surface area contributed by atoms with Gasteiger partial charge in [-0.2, -0.15) is 0 Å². The fourth-order valence-corrected chi connectivity index (χ4v) is 2.60. The van der Waals surface area contributed by atoms with E-state index in [0.717, 1.165) is 28.5 Å². The van der Waals surface area contributed by atoms with Gasteiger partial charge in [0, 0.05) is 17.1 Å². The van der Waals surface area contributed by atoms with E-state index >= 15 is 0 Å². The number of nitrogens with one attached hydrogen (secondary N) is 1. The first kappa shape index (κ1) is 14.1. The Labute approximate surface area is 118 Å². The van der Waals surface area contributed by atoms with Crippen LogP contribution in [0, 0.1) is 13.8 Å². The van der Waals surface area contributed by atoms with Gasteiger partial charge in [0.1, 0.15) is 5.76 Å². The first-order valence-corrected chi connectivity index (χ1v) is 7.20. The molecular formula is C14H19N3OS. The molecule has 2 aromatic rings. The summed E-state index contributed by atoms with van der Waals surface area (Å²) in [6.45, 7) is 6.01. The van der Waals surface area contributed by atoms with Crippen molar-refractivity contribution in [2.45, 2.75) is 43.4 Å². The maximum absolute atomic E-state index is 5.55. The van der Waals surface area contributed by atoms with Gasteiger partial charge in [0.2, 0.25) is 0 Å². The van der Waals surface area contributed by atoms with Crippen molar-refractivity contribution in [3.05, 3.63) is 35.5 Å². The first-order chi connectivity index (χ1) is 9.13. The third-order valence-corrected chi connectivity index (χ3v) is 3.91. The summed E-state index contributed by atoms with van der Waals surface area (Å²) in [5, 5.41) is 3.92. The molecule has 2 aromatic heterocycles. The van der Waals surface area contributed by atoms with Gasteiger partial charge < -0.3 is 9.73 Å². The summed E-state index contributed by atoms with van der Waals surface area (Å²) in [5.41, 5.74) is 2.00. The smallest absolute Gasteiger partial charge is 0.261 e. The van der Waals surface area contributed by atoms with E-state index in [1.165, 1.54) is 11.8 Å². The standard InChI is InChI=1S/C14H19N3OS/c1-5-12(15-4)13-7-6-11(8-16-13)19-14-17-9(2)10(3)18-14/h6-8,12,15H,5H2,1-4H3. The molecule has 19 heavy (non-hydrogen) atoms. The highest BCUT2D eigenvalue weighted by Crippen LogP contribution is 2.28. The van der Waals surface area contributed by atoms with Gasteiger partial charge in [-0.3, -0.25) is 4.98 Å². The van der Waals surface area contributed by atoms with Crippen molar-refractivity contribution in [2.75, 3.05) is 7.05 Å². The monoisotopic (exact) mass is 277 g/mol. The highest BCUT2D eigenvalue weighted by atomic mass is 32.2. The van der Waals surface area contributed by atoms with Gasteiger partial charge in [0.25, 0.3) is 5.22 Å². The molecule has 1 N–H and O–H groups in total. The molecule has 4 nitrogen and oxygen atoms in total. The van der Waals surface area contributed by atoms with Crippen LogP contribution < -0.4 is 5.32 Å². The minimum Gasteiger partial charge on any atom is -0.436 e. The molecule has 0 aliphatic carbocycles. The third-order valence-electron chi connectivity index (χ3n) is 3.09. The van der Waals surface area contributed by atoms with E-state index < -0.39 is 0 Å². The number of oxazole rings is 1. The zero-order valence-electron chi connectivity index (χ0n) is 11.7. The van der Waals surface area contributed by atoms with E-state index in [4.69, 9.17) is 4.42 Å². The van der Waals surface area contributed by atoms with E-state index in [1.807, 2.05) is 27.1 Å². The number of aryl methyl sites for hydroxylation is 2. The van der Waals surface area contributed by atoms with Gasteiger partial charge in [-0.1, -0.05) is 6.92 Å². The second-order valence-electron chi connectivity index (χ2n) is 4.39. The summed E-state index contributed by atoms with van der Waals surface area (Å²) in [7, 11) is 1.96. The van der Waals surface area contributed by atoms with Gasteiger partial charge in [0.15, 0.2) is 0 Å². The van der Waals surface area contributed by atoms with Crippen LogP contribution in [0.2, 0.25) is 0 Å². The van der Waals surface area contributed by atoms with E-state index in [1.54, 1.807) is 0 Å². The third kappa shape index (κ3) is 3.36. The molecule has 102 valence electrons. The van der Waals surface area contributed by atoms with Crippen LogP contribution in [0.5, 0.6) is 0 Å². The number of nitrogens with zero attached hydrogens (tertiary/aromatic N) is 2. The van der Waals surface area contributed by atoms with Crippen LogP contribution in [0.3, 0.4) is 0 Å². The van der Waals surface area contributed by atoms with E-state index in [0.29, 0.717) is 11.3 Å². The van der Waals surface area contributed by atoms with Gasteiger partial charge >= 0.3 is 0 Å². The molecule has 2 heterocycles. The van der Waals surface area contributed by atoms with Crippen LogP contribution in [-0.2, 0) is 0 Å². The van der Waals surface area contributed by atoms with Gasteiger partial charge in [-0.05, 0) is 51.2 Å². The summed E-state index contributed by atoms with van der Waals surface area (Å²) in [6.07, 6.45) is 2.89. The van der Waals surface area contributed by atoms with E-state index in [-0.39, 0.29) is 0 Å². The topological polar surface area (TPSA) is 51.0 Å². The van der Waals surface area contributed by atoms with Gasteiger partial charge in [0.05, 0.1) is 11.4 Å². The Morgan fingerprint density at radius 3 is 2.63 bits per heavy atom. The maximum Gasteiger partial charge on any atom is 0.261 e. The molecule has 0 spiro atoms. The van der Waals surface area contributed by atoms with Crippen molar-refractivity contribution in [1.29, 1.82) is 0 Å². The lowest BCUT2D eigenvalue weighted by Gasteiger charge is -2.12. The van der Waals surface area contributed by atoms with Crippen LogP contribution in [0.4, 0.5) is 0 Å². The second-order valence-corrected chi connectivity index (χ2v) is 5.42. The lowest BCUT2D eigenvalue weighted by Crippen LogP contribution is -2.16. The van der Waals surface area contributed by atoms with Crippen LogP contribution in [0.15, 0.2) is 32.9 Å². The van der Waals surface area contributed by atoms with Crippen molar-refractivity contribution >= 4 is 11.8 Å². The zero-order chi connectivity index (χ0) is 13.8. The van der Waals surface area contributed by atoms with Crippen molar-refractivity contribution < 1.29 is 4.42 Å². The average molecular weight is 277 g/mol. The largest absolute Gasteiger partial charge is 0.436 e. The van der Waals surface area contributed by atoms with Crippen LogP contribution in [0.25, 0.3) is 0 Å². The predicted octanol–water partition coefficient (Wildman–Crippen LogP) is 3.51. The van der Waals surface area contributed by atoms with Crippen molar-refractivity contribution in [3.63, 3.8) is 0 Å². The fraction of sp³-hybridized carbons (Fsp3) is 0.429. The highest BCUT2D eigenvalue weighted by molar-refractivity contribution is 7.99. The molecule has 0 aliphatic heterocycles. The number of rotatable bonds is 5. The average Bonchev–Trinajstić information content (AvgIpc) is 2.72. The zero-order valence-corrected chi connectivity index (χ0v) is 12.5. The van der Waals surface area contributed by atoms with Crippen molar-refractivity contribution in [2.24, 2.45) is 0 Å². The normalized spacial score (nSPS) is 12.6. The lowest BCUT2D eigenvalue weighted by molar-refractivity contribution is 0.431. The molecule has 0 fully saturated rings. The molecule has 0 saturated carbocycles. The molecule has 0 aliphatic rings. The van der Waals surface area contributed by atoms with Gasteiger partial charge in [-0.15, -0.1) is 0 Å². The number of hydrogen-bond acceptors (Lipinski definition) is 5. The number of hydrogen-bond donors (Lipinski definition) is 1. The van der Waals surface area contributed by atoms with E-state index in [9.17, 15) is 0 Å². The Morgan fingerprint density at radius 2 is 2.16 bits per heavy atom. The summed E-state index contributed by atoms with van der Waals surface area (Å²) < 4.78 is 5.55. The summed E-state index contributed by atoms with van der Waals surface area (Å²) >= 11 is 1.50. The minimum absolute atomic E-state index is 0.310. The molecule has 0 amide bonds. The molecular weight excluding hydrogens is 258 g/mol. The molecule has 1 unspecified atom stereocenters. The Hall–Kier alpha value is -1.33. The Balaban J connectivity index is 2.10. The van der Waals surface area contributed by atoms with E-state index in [2.05, 4.69) is 34.3 Å². The van der Waals surface area contributed by atoms with Crippen molar-refractivity contribution in [1.82, 2.24) is 15.3 Å². The Kier molecular flexibility index (Phi) is 4.61. The molecule has 1 atom stereocenters. The Morgan fingerprint density at radius 1 is 1.37 bits per heavy atom. The SMILES string of the molecule is CCC(NC)c1ccc(Sc2nc(C)c(C)o2)cn1. The quantitative estimate of drug-likeness (QED) is 0.906. The summed E-state index contributed by atoms with van der Waals surface area (Å²) in [6, 6.07) is 4.42. The van der Waals surface area contributed by atoms with Crippen LogP contribution >= 0.6 is 11.8 Å². The predicted molar refractivity (Wildman–Crippen MR) is 76.4 cm³/mol. The molecule has 0 bridgehead atoms. The number of aromatic nitrogens is 2. The second kappa shape index (κ2) is 6.21. The number of pyridine rings is 1. The summed E-state index contributed by atoms with van der Waals surface area (Å²) in [4.78, 5) is 9.88. The van der Waals surface area contributed by atoms with Crippen LogP contribution in [-0.4, -0.2) is 17.0 Å². The first-order valence-electron chi connectivity index (χ1n) is 6.39. The molecule has 0 saturated heterocycles. The van der Waals surface area contributed by atoms with Gasteiger partial charge in [-0.25, -0.2) is 4.98 Å².